The minimum absolute atomic E-state index is 0.0283. The van der Waals surface area contributed by atoms with Crippen LogP contribution in [0.5, 0.6) is 0 Å². The van der Waals surface area contributed by atoms with E-state index >= 15 is 0 Å². The molecule has 0 spiro atoms. The molecule has 0 bridgehead atoms. The first-order valence-electron chi connectivity index (χ1n) is 13.9. The normalized spacial score (nSPS) is 12.8. The quantitative estimate of drug-likeness (QED) is 0.214. The summed E-state index contributed by atoms with van der Waals surface area (Å²) in [7, 11) is 0. The van der Waals surface area contributed by atoms with E-state index in [1.807, 2.05) is 19.9 Å². The van der Waals surface area contributed by atoms with Crippen molar-refractivity contribution in [1.29, 1.82) is 5.26 Å². The van der Waals surface area contributed by atoms with Gasteiger partial charge in [-0.1, -0.05) is 94.6 Å². The van der Waals surface area contributed by atoms with Crippen LogP contribution in [0.1, 0.15) is 86.3 Å². The highest BCUT2D eigenvalue weighted by atomic mass is 15.3. The van der Waals surface area contributed by atoms with E-state index in [-0.39, 0.29) is 5.41 Å². The number of benzene rings is 3. The SMILES string of the molecule is CCCCCC(C)(CC)c1ccccc1-c1nnc(-c2ccccc2C)n1-c1c(C)cc(C)c(C#N)c1C. The molecule has 1 atom stereocenters. The first kappa shape index (κ1) is 27.3. The average molecular weight is 505 g/mol. The van der Waals surface area contributed by atoms with Gasteiger partial charge in [0.2, 0.25) is 0 Å². The number of aryl methyl sites for hydroxylation is 3. The summed E-state index contributed by atoms with van der Waals surface area (Å²) in [6, 6.07) is 21.6. The van der Waals surface area contributed by atoms with Gasteiger partial charge in [0, 0.05) is 11.1 Å². The minimum atomic E-state index is 0.0283. The van der Waals surface area contributed by atoms with Gasteiger partial charge in [-0.25, -0.2) is 0 Å². The number of nitriles is 1. The molecular formula is C34H40N4. The monoisotopic (exact) mass is 504 g/mol. The predicted molar refractivity (Wildman–Crippen MR) is 158 cm³/mol. The number of nitrogens with zero attached hydrogens (tertiary/aromatic N) is 4. The summed E-state index contributed by atoms with van der Waals surface area (Å²) in [5.41, 5.74) is 9.40. The molecule has 1 heterocycles. The van der Waals surface area contributed by atoms with E-state index in [1.165, 1.54) is 24.8 Å². The van der Waals surface area contributed by atoms with Crippen molar-refractivity contribution in [2.45, 2.75) is 86.0 Å². The van der Waals surface area contributed by atoms with Gasteiger partial charge in [-0.3, -0.25) is 4.57 Å². The van der Waals surface area contributed by atoms with Crippen LogP contribution in [0.15, 0.2) is 54.6 Å². The van der Waals surface area contributed by atoms with Crippen molar-refractivity contribution in [3.8, 4) is 34.5 Å². The Morgan fingerprint density at radius 1 is 0.816 bits per heavy atom. The smallest absolute Gasteiger partial charge is 0.169 e. The van der Waals surface area contributed by atoms with Gasteiger partial charge in [0.25, 0.3) is 0 Å². The summed E-state index contributed by atoms with van der Waals surface area (Å²) < 4.78 is 2.20. The fraction of sp³-hybridized carbons (Fsp3) is 0.382. The van der Waals surface area contributed by atoms with Crippen molar-refractivity contribution < 1.29 is 0 Å². The largest absolute Gasteiger partial charge is 0.274 e. The molecule has 0 saturated carbocycles. The zero-order chi connectivity index (χ0) is 27.4. The van der Waals surface area contributed by atoms with Gasteiger partial charge >= 0.3 is 0 Å². The van der Waals surface area contributed by atoms with Gasteiger partial charge in [-0.2, -0.15) is 5.26 Å². The molecule has 4 rings (SSSR count). The van der Waals surface area contributed by atoms with Gasteiger partial charge in [-0.15, -0.1) is 10.2 Å². The first-order valence-corrected chi connectivity index (χ1v) is 13.9. The first-order chi connectivity index (χ1) is 18.3. The summed E-state index contributed by atoms with van der Waals surface area (Å²) in [5, 5.41) is 19.7. The van der Waals surface area contributed by atoms with Crippen molar-refractivity contribution in [2.75, 3.05) is 0 Å². The van der Waals surface area contributed by atoms with Crippen molar-refractivity contribution in [1.82, 2.24) is 14.8 Å². The highest BCUT2D eigenvalue weighted by Gasteiger charge is 2.30. The van der Waals surface area contributed by atoms with Crippen molar-refractivity contribution in [3.05, 3.63) is 88.0 Å². The Balaban J connectivity index is 2.06. The fourth-order valence-electron chi connectivity index (χ4n) is 5.83. The molecule has 0 aliphatic carbocycles. The van der Waals surface area contributed by atoms with E-state index in [2.05, 4.69) is 93.8 Å². The van der Waals surface area contributed by atoms with Gasteiger partial charge in [0.1, 0.15) is 0 Å². The molecule has 0 radical (unpaired) electrons. The summed E-state index contributed by atoms with van der Waals surface area (Å²) in [6.07, 6.45) is 5.84. The highest BCUT2D eigenvalue weighted by molar-refractivity contribution is 5.73. The lowest BCUT2D eigenvalue weighted by molar-refractivity contribution is 0.399. The molecule has 4 heteroatoms. The van der Waals surface area contributed by atoms with Crippen LogP contribution in [0.4, 0.5) is 0 Å². The predicted octanol–water partition coefficient (Wildman–Crippen LogP) is 8.95. The zero-order valence-electron chi connectivity index (χ0n) is 24.0. The molecule has 0 N–H and O–H groups in total. The molecule has 0 amide bonds. The van der Waals surface area contributed by atoms with Gasteiger partial charge in [0.15, 0.2) is 11.6 Å². The molecule has 1 unspecified atom stereocenters. The Kier molecular flexibility index (Phi) is 8.17. The van der Waals surface area contributed by atoms with Crippen molar-refractivity contribution in [2.24, 2.45) is 0 Å². The molecule has 0 fully saturated rings. The molecule has 196 valence electrons. The summed E-state index contributed by atoms with van der Waals surface area (Å²) in [5.74, 6) is 1.63. The topological polar surface area (TPSA) is 54.5 Å². The molecule has 38 heavy (non-hydrogen) atoms. The van der Waals surface area contributed by atoms with Crippen molar-refractivity contribution >= 4 is 0 Å². The Hall–Kier alpha value is -3.71. The second-order valence-electron chi connectivity index (χ2n) is 10.9. The Labute approximate surface area is 228 Å². The lowest BCUT2D eigenvalue weighted by Gasteiger charge is -2.31. The summed E-state index contributed by atoms with van der Waals surface area (Å²) >= 11 is 0. The van der Waals surface area contributed by atoms with E-state index < -0.39 is 0 Å². The van der Waals surface area contributed by atoms with Gasteiger partial charge in [-0.05, 0) is 73.8 Å². The standard InChI is InChI=1S/C34H40N4/c1-8-10-15-20-34(7,9-2)30-19-14-13-18-28(30)33-37-36-32(27-17-12-11-16-23(27)3)38(33)31-25(5)21-24(4)29(22-35)26(31)6/h11-14,16-19,21H,8-10,15,20H2,1-7H3. The fourth-order valence-corrected chi connectivity index (χ4v) is 5.83. The number of rotatable bonds is 9. The van der Waals surface area contributed by atoms with E-state index in [0.29, 0.717) is 5.56 Å². The maximum absolute atomic E-state index is 10.0. The van der Waals surface area contributed by atoms with Crippen LogP contribution >= 0.6 is 0 Å². The molecule has 4 aromatic rings. The van der Waals surface area contributed by atoms with Crippen LogP contribution in [0.2, 0.25) is 0 Å². The van der Waals surface area contributed by atoms with Crippen LogP contribution < -0.4 is 0 Å². The van der Waals surface area contributed by atoms with E-state index in [0.717, 1.165) is 63.6 Å². The molecule has 1 aromatic heterocycles. The third kappa shape index (κ3) is 4.90. The second kappa shape index (κ2) is 11.4. The van der Waals surface area contributed by atoms with Crippen LogP contribution in [-0.4, -0.2) is 14.8 Å². The van der Waals surface area contributed by atoms with E-state index in [4.69, 9.17) is 10.2 Å². The lowest BCUT2D eigenvalue weighted by Crippen LogP contribution is -2.22. The zero-order valence-corrected chi connectivity index (χ0v) is 24.0. The third-order valence-electron chi connectivity index (χ3n) is 8.25. The van der Waals surface area contributed by atoms with E-state index in [9.17, 15) is 5.26 Å². The molecule has 4 nitrogen and oxygen atoms in total. The Morgan fingerprint density at radius 3 is 2.08 bits per heavy atom. The van der Waals surface area contributed by atoms with Crippen LogP contribution in [-0.2, 0) is 5.41 Å². The molecular weight excluding hydrogens is 464 g/mol. The van der Waals surface area contributed by atoms with Gasteiger partial charge < -0.3 is 0 Å². The maximum atomic E-state index is 10.0. The molecule has 0 saturated heterocycles. The number of hydrogen-bond donors (Lipinski definition) is 0. The lowest BCUT2D eigenvalue weighted by atomic mass is 9.74. The summed E-state index contributed by atoms with van der Waals surface area (Å²) in [6.45, 7) is 15.2. The van der Waals surface area contributed by atoms with Crippen LogP contribution in [0.25, 0.3) is 28.5 Å². The summed E-state index contributed by atoms with van der Waals surface area (Å²) in [4.78, 5) is 0. The maximum Gasteiger partial charge on any atom is 0.169 e. The molecule has 3 aromatic carbocycles. The van der Waals surface area contributed by atoms with Crippen LogP contribution in [0, 0.1) is 39.0 Å². The van der Waals surface area contributed by atoms with Crippen molar-refractivity contribution in [3.63, 3.8) is 0 Å². The van der Waals surface area contributed by atoms with E-state index in [1.54, 1.807) is 0 Å². The average Bonchev–Trinajstić information content (AvgIpc) is 3.33. The number of unbranched alkanes of at least 4 members (excludes halogenated alkanes) is 2. The minimum Gasteiger partial charge on any atom is -0.274 e. The third-order valence-corrected chi connectivity index (χ3v) is 8.25. The number of aromatic nitrogens is 3. The molecule has 0 aliphatic rings. The molecule has 0 aliphatic heterocycles. The Bertz CT molecular complexity index is 1490. The Morgan fingerprint density at radius 2 is 1.45 bits per heavy atom. The van der Waals surface area contributed by atoms with Gasteiger partial charge in [0.05, 0.1) is 17.3 Å². The second-order valence-corrected chi connectivity index (χ2v) is 10.9. The van der Waals surface area contributed by atoms with Crippen LogP contribution in [0.3, 0.4) is 0 Å². The highest BCUT2D eigenvalue weighted by Crippen LogP contribution is 2.41. The number of hydrogen-bond acceptors (Lipinski definition) is 3.